The Morgan fingerprint density at radius 2 is 0.944 bits per heavy atom. The average Bonchev–Trinajstić information content (AvgIpc) is 4.14. The van der Waals surface area contributed by atoms with Gasteiger partial charge in [0.05, 0.1) is 44.5 Å². The molecule has 0 bridgehead atoms. The van der Waals surface area contributed by atoms with Crippen molar-refractivity contribution in [1.82, 2.24) is 29.1 Å². The van der Waals surface area contributed by atoms with E-state index < -0.39 is 0 Å². The molecule has 0 aliphatic heterocycles. The van der Waals surface area contributed by atoms with Crippen LogP contribution in [0.4, 0.5) is 0 Å². The van der Waals surface area contributed by atoms with E-state index in [1.165, 1.54) is 20.5 Å². The normalized spacial score (nSPS) is 11.9. The predicted octanol–water partition coefficient (Wildman–Crippen LogP) is 16.8. The number of nitrogens with zero attached hydrogens (tertiary/aromatic N) is 6. The first-order chi connectivity index (χ1) is 35.2. The molecule has 7 heteroatoms. The van der Waals surface area contributed by atoms with E-state index in [0.717, 1.165) is 110 Å². The number of hydrogen-bond acceptors (Lipinski definition) is 5. The molecule has 15 rings (SSSR count). The van der Waals surface area contributed by atoms with Gasteiger partial charge < -0.3 is 0 Å². The zero-order valence-corrected chi connectivity index (χ0v) is 38.8. The Morgan fingerprint density at radius 1 is 0.324 bits per heavy atom. The number of rotatable bonds is 6. The fourth-order valence-electron chi connectivity index (χ4n) is 11.0. The van der Waals surface area contributed by atoms with Gasteiger partial charge in [0, 0.05) is 58.4 Å². The van der Waals surface area contributed by atoms with Crippen LogP contribution in [0.1, 0.15) is 0 Å². The monoisotopic (exact) mass is 922 g/mol. The molecule has 330 valence electrons. The smallest absolute Gasteiger partial charge is 0.235 e. The van der Waals surface area contributed by atoms with Crippen molar-refractivity contribution >= 4 is 97.6 Å². The highest BCUT2D eigenvalue weighted by molar-refractivity contribution is 7.23. The summed E-state index contributed by atoms with van der Waals surface area (Å²) < 4.78 is 5.71. The first-order valence-corrected chi connectivity index (χ1v) is 24.7. The number of aromatic nitrogens is 6. The average molecular weight is 923 g/mol. The van der Waals surface area contributed by atoms with Gasteiger partial charge in [-0.25, -0.2) is 19.9 Å². The lowest BCUT2D eigenvalue weighted by molar-refractivity contribution is 1.01. The molecule has 0 atom stereocenters. The molecule has 71 heavy (non-hydrogen) atoms. The van der Waals surface area contributed by atoms with Crippen molar-refractivity contribution in [3.8, 4) is 56.0 Å². The van der Waals surface area contributed by atoms with Gasteiger partial charge in [0.15, 0.2) is 0 Å². The molecule has 0 saturated heterocycles. The standard InChI is InChI=1S/C64H38N6S/c1-4-18-40(19-5-1)56-38-44-32-35-52-58(62(44)71-56)60(42-22-8-3-9-23-42)68-64(66-52)70-54-36-33-43(37-50(54)47-34-31-39-17-10-11-24-46(39)61(47)70)45-27-16-30-55-57(45)49-26-13-15-29-53(49)69(55)63-65-51-28-14-12-25-48(51)59(67-63)41-20-6-2-7-21-41/h1-38H. The van der Waals surface area contributed by atoms with E-state index >= 15 is 0 Å². The van der Waals surface area contributed by atoms with Crippen molar-refractivity contribution in [2.24, 2.45) is 0 Å². The van der Waals surface area contributed by atoms with Crippen molar-refractivity contribution in [1.29, 1.82) is 0 Å². The molecule has 0 amide bonds. The van der Waals surface area contributed by atoms with Crippen LogP contribution in [0.2, 0.25) is 0 Å². The summed E-state index contributed by atoms with van der Waals surface area (Å²) in [7, 11) is 0. The van der Waals surface area contributed by atoms with E-state index in [1.54, 1.807) is 11.3 Å². The molecular formula is C64H38N6S. The third kappa shape index (κ3) is 6.13. The molecule has 0 aliphatic rings. The number of benzene rings is 10. The van der Waals surface area contributed by atoms with Gasteiger partial charge in [-0.15, -0.1) is 11.3 Å². The highest BCUT2D eigenvalue weighted by Gasteiger charge is 2.24. The Labute approximate surface area is 411 Å². The van der Waals surface area contributed by atoms with Crippen molar-refractivity contribution < 1.29 is 0 Å². The van der Waals surface area contributed by atoms with E-state index in [0.29, 0.717) is 11.9 Å². The summed E-state index contributed by atoms with van der Waals surface area (Å²) in [5.74, 6) is 1.27. The predicted molar refractivity (Wildman–Crippen MR) is 296 cm³/mol. The fourth-order valence-corrected chi connectivity index (χ4v) is 12.2. The zero-order chi connectivity index (χ0) is 46.6. The number of fused-ring (bicyclic) bond motifs is 12. The Bertz CT molecular complexity index is 4630. The summed E-state index contributed by atoms with van der Waals surface area (Å²) in [6.45, 7) is 0. The summed E-state index contributed by atoms with van der Waals surface area (Å²) in [5.41, 5.74) is 13.4. The lowest BCUT2D eigenvalue weighted by Gasteiger charge is -2.13. The van der Waals surface area contributed by atoms with Crippen molar-refractivity contribution in [3.05, 3.63) is 231 Å². The number of hydrogen-bond donors (Lipinski definition) is 0. The first-order valence-electron chi connectivity index (χ1n) is 23.9. The third-order valence-corrected chi connectivity index (χ3v) is 15.4. The maximum atomic E-state index is 5.63. The van der Waals surface area contributed by atoms with Crippen molar-refractivity contribution in [2.45, 2.75) is 0 Å². The molecule has 0 aliphatic carbocycles. The minimum absolute atomic E-state index is 0.634. The van der Waals surface area contributed by atoms with Crippen LogP contribution >= 0.6 is 11.3 Å². The minimum atomic E-state index is 0.634. The first kappa shape index (κ1) is 39.7. The lowest BCUT2D eigenvalue weighted by atomic mass is 9.97. The van der Waals surface area contributed by atoms with E-state index in [2.05, 4.69) is 228 Å². The second-order valence-corrected chi connectivity index (χ2v) is 19.2. The molecule has 10 aromatic carbocycles. The summed E-state index contributed by atoms with van der Waals surface area (Å²) in [4.78, 5) is 23.0. The summed E-state index contributed by atoms with van der Waals surface area (Å²) >= 11 is 1.80. The second kappa shape index (κ2) is 15.6. The quantitative estimate of drug-likeness (QED) is 0.167. The Morgan fingerprint density at radius 3 is 1.76 bits per heavy atom. The molecule has 5 heterocycles. The van der Waals surface area contributed by atoms with Gasteiger partial charge in [-0.05, 0) is 69.9 Å². The summed E-state index contributed by atoms with van der Waals surface area (Å²) in [6, 6.07) is 81.9. The number of para-hydroxylation sites is 2. The van der Waals surface area contributed by atoms with E-state index in [4.69, 9.17) is 19.9 Å². The highest BCUT2D eigenvalue weighted by atomic mass is 32.1. The molecule has 0 radical (unpaired) electrons. The van der Waals surface area contributed by atoms with E-state index in [1.807, 2.05) is 12.1 Å². The molecule has 0 N–H and O–H groups in total. The van der Waals surface area contributed by atoms with Gasteiger partial charge in [-0.2, -0.15) is 0 Å². The largest absolute Gasteiger partial charge is 0.278 e. The molecule has 0 unspecified atom stereocenters. The van der Waals surface area contributed by atoms with Gasteiger partial charge in [-0.3, -0.25) is 9.13 Å². The summed E-state index contributed by atoms with van der Waals surface area (Å²) in [5, 5.41) is 10.1. The molecular weight excluding hydrogens is 885 g/mol. The van der Waals surface area contributed by atoms with Crippen molar-refractivity contribution in [2.75, 3.05) is 0 Å². The van der Waals surface area contributed by atoms with Gasteiger partial charge in [0.1, 0.15) is 0 Å². The number of thiophene rings is 1. The Hall–Kier alpha value is -9.30. The molecule has 5 aromatic heterocycles. The maximum Gasteiger partial charge on any atom is 0.235 e. The topological polar surface area (TPSA) is 61.4 Å². The Kier molecular flexibility index (Phi) is 8.73. The third-order valence-electron chi connectivity index (χ3n) is 14.1. The second-order valence-electron chi connectivity index (χ2n) is 18.2. The van der Waals surface area contributed by atoms with Gasteiger partial charge in [0.2, 0.25) is 11.9 Å². The summed E-state index contributed by atoms with van der Waals surface area (Å²) in [6.07, 6.45) is 0. The Balaban J connectivity index is 0.971. The van der Waals surface area contributed by atoms with Crippen LogP contribution in [0.3, 0.4) is 0 Å². The van der Waals surface area contributed by atoms with Gasteiger partial charge in [0.25, 0.3) is 0 Å². The lowest BCUT2D eigenvalue weighted by Crippen LogP contribution is -2.04. The van der Waals surface area contributed by atoms with E-state index in [9.17, 15) is 0 Å². The van der Waals surface area contributed by atoms with Crippen LogP contribution in [0.5, 0.6) is 0 Å². The van der Waals surface area contributed by atoms with Crippen LogP contribution in [-0.2, 0) is 0 Å². The highest BCUT2D eigenvalue weighted by Crippen LogP contribution is 2.45. The molecule has 0 spiro atoms. The minimum Gasteiger partial charge on any atom is -0.278 e. The van der Waals surface area contributed by atoms with E-state index in [-0.39, 0.29) is 0 Å². The molecule has 6 nitrogen and oxygen atoms in total. The van der Waals surface area contributed by atoms with Gasteiger partial charge >= 0.3 is 0 Å². The van der Waals surface area contributed by atoms with Gasteiger partial charge in [-0.1, -0.05) is 188 Å². The van der Waals surface area contributed by atoms with Crippen LogP contribution in [0.25, 0.3) is 142 Å². The SMILES string of the molecule is c1ccc(-c2cc3ccc4nc(-n5c6ccc(-c7cccc8c7c7ccccc7n8-c7nc(-c8ccccc8)c8ccccc8n7)cc6c6ccc7ccccc7c65)nc(-c5ccccc5)c4c3s2)cc1. The maximum absolute atomic E-state index is 5.63. The fraction of sp³-hybridized carbons (Fsp3) is 0. The van der Waals surface area contributed by atoms with Crippen LogP contribution in [0.15, 0.2) is 231 Å². The van der Waals surface area contributed by atoms with Crippen LogP contribution < -0.4 is 0 Å². The van der Waals surface area contributed by atoms with Crippen LogP contribution in [0, 0.1) is 0 Å². The molecule has 15 aromatic rings. The molecule has 0 saturated carbocycles. The zero-order valence-electron chi connectivity index (χ0n) is 38.0. The van der Waals surface area contributed by atoms with Crippen LogP contribution in [-0.4, -0.2) is 29.1 Å². The van der Waals surface area contributed by atoms with Crippen molar-refractivity contribution in [3.63, 3.8) is 0 Å². The molecule has 0 fully saturated rings.